The van der Waals surface area contributed by atoms with Gasteiger partial charge in [0.2, 0.25) is 0 Å². The first-order valence-corrected chi connectivity index (χ1v) is 9.90. The molecule has 0 aliphatic carbocycles. The number of hydrogen-bond donors (Lipinski definition) is 1. The standard InChI is InChI=1S/C20H27ClN4O3/c1-12(22)17-23-15-7-5-6-14(21)16(15)18(26)25(17)13-8-10-24(11-9-13)19(27)28-20(2,3)4/h5-7,12-13H,8-11,22H2,1-4H3/t12-/m0/s1. The van der Waals surface area contributed by atoms with Gasteiger partial charge in [0, 0.05) is 19.1 Å². The molecule has 28 heavy (non-hydrogen) atoms. The van der Waals surface area contributed by atoms with Crippen molar-refractivity contribution in [1.82, 2.24) is 14.5 Å². The van der Waals surface area contributed by atoms with Crippen LogP contribution >= 0.6 is 11.6 Å². The molecule has 0 radical (unpaired) electrons. The van der Waals surface area contributed by atoms with Gasteiger partial charge in [0.05, 0.1) is 22.0 Å². The van der Waals surface area contributed by atoms with Crippen LogP contribution in [0.4, 0.5) is 4.79 Å². The third-order valence-corrected chi connectivity index (χ3v) is 5.11. The normalized spacial score (nSPS) is 17.0. The zero-order chi connectivity index (χ0) is 20.6. The highest BCUT2D eigenvalue weighted by Gasteiger charge is 2.30. The smallest absolute Gasteiger partial charge is 0.410 e. The number of carbonyl (C=O) groups excluding carboxylic acids is 1. The van der Waals surface area contributed by atoms with Crippen LogP contribution < -0.4 is 11.3 Å². The van der Waals surface area contributed by atoms with Crippen LogP contribution in [0.25, 0.3) is 10.9 Å². The van der Waals surface area contributed by atoms with Crippen LogP contribution in [0.15, 0.2) is 23.0 Å². The summed E-state index contributed by atoms with van der Waals surface area (Å²) in [6, 6.07) is 4.73. The van der Waals surface area contributed by atoms with Gasteiger partial charge in [-0.3, -0.25) is 9.36 Å². The highest BCUT2D eigenvalue weighted by molar-refractivity contribution is 6.35. The van der Waals surface area contributed by atoms with Gasteiger partial charge in [-0.1, -0.05) is 17.7 Å². The molecule has 2 aromatic rings. The zero-order valence-corrected chi connectivity index (χ0v) is 17.5. The van der Waals surface area contributed by atoms with Crippen LogP contribution in [0.3, 0.4) is 0 Å². The number of halogens is 1. The van der Waals surface area contributed by atoms with Crippen molar-refractivity contribution in [2.24, 2.45) is 5.73 Å². The SMILES string of the molecule is C[C@H](N)c1nc2cccc(Cl)c2c(=O)n1C1CCN(C(=O)OC(C)(C)C)CC1. The lowest BCUT2D eigenvalue weighted by molar-refractivity contribution is 0.0186. The molecule has 1 amide bonds. The summed E-state index contributed by atoms with van der Waals surface area (Å²) in [7, 11) is 0. The van der Waals surface area contributed by atoms with E-state index in [1.165, 1.54) is 0 Å². The molecule has 1 saturated heterocycles. The molecule has 1 atom stereocenters. The van der Waals surface area contributed by atoms with Crippen molar-refractivity contribution in [2.75, 3.05) is 13.1 Å². The molecular formula is C20H27ClN4O3. The third-order valence-electron chi connectivity index (χ3n) is 4.79. The summed E-state index contributed by atoms with van der Waals surface area (Å²) in [6.45, 7) is 8.35. The molecule has 1 aliphatic rings. The number of likely N-dealkylation sites (tertiary alicyclic amines) is 1. The molecule has 2 heterocycles. The van der Waals surface area contributed by atoms with E-state index in [4.69, 9.17) is 22.1 Å². The highest BCUT2D eigenvalue weighted by Crippen LogP contribution is 2.27. The predicted molar refractivity (Wildman–Crippen MR) is 110 cm³/mol. The van der Waals surface area contributed by atoms with Gasteiger partial charge in [-0.2, -0.15) is 0 Å². The van der Waals surface area contributed by atoms with Crippen LogP contribution in [0.1, 0.15) is 58.4 Å². The second kappa shape index (κ2) is 7.72. The van der Waals surface area contributed by atoms with Crippen molar-refractivity contribution in [1.29, 1.82) is 0 Å². The summed E-state index contributed by atoms with van der Waals surface area (Å²) >= 11 is 6.28. The molecule has 0 saturated carbocycles. The molecule has 7 nitrogen and oxygen atoms in total. The Bertz CT molecular complexity index is 941. The van der Waals surface area contributed by atoms with E-state index in [2.05, 4.69) is 4.98 Å². The minimum atomic E-state index is -0.536. The third kappa shape index (κ3) is 4.15. The van der Waals surface area contributed by atoms with E-state index in [9.17, 15) is 9.59 Å². The fraction of sp³-hybridized carbons (Fsp3) is 0.550. The van der Waals surface area contributed by atoms with Gasteiger partial charge in [0.1, 0.15) is 11.4 Å². The molecule has 0 unspecified atom stereocenters. The Morgan fingerprint density at radius 3 is 2.54 bits per heavy atom. The first-order valence-electron chi connectivity index (χ1n) is 9.52. The molecular weight excluding hydrogens is 380 g/mol. The lowest BCUT2D eigenvalue weighted by Gasteiger charge is -2.35. The number of fused-ring (bicyclic) bond motifs is 1. The largest absolute Gasteiger partial charge is 0.444 e. The molecule has 3 rings (SSSR count). The van der Waals surface area contributed by atoms with E-state index >= 15 is 0 Å². The summed E-state index contributed by atoms with van der Waals surface area (Å²) in [6.07, 6.45) is 0.915. The number of amides is 1. The number of hydrogen-bond acceptors (Lipinski definition) is 5. The topological polar surface area (TPSA) is 90.5 Å². The Labute approximate surface area is 169 Å². The number of nitrogens with zero attached hydrogens (tertiary/aromatic N) is 3. The van der Waals surface area contributed by atoms with E-state index in [1.807, 2.05) is 27.7 Å². The van der Waals surface area contributed by atoms with Crippen molar-refractivity contribution in [3.63, 3.8) is 0 Å². The average molecular weight is 407 g/mol. The summed E-state index contributed by atoms with van der Waals surface area (Å²) < 4.78 is 7.12. The van der Waals surface area contributed by atoms with E-state index in [0.29, 0.717) is 47.7 Å². The summed E-state index contributed by atoms with van der Waals surface area (Å²) in [5.74, 6) is 0.537. The van der Waals surface area contributed by atoms with E-state index in [-0.39, 0.29) is 17.7 Å². The van der Waals surface area contributed by atoms with Crippen molar-refractivity contribution in [3.05, 3.63) is 39.4 Å². The lowest BCUT2D eigenvalue weighted by atomic mass is 10.0. The van der Waals surface area contributed by atoms with Crippen LogP contribution in [0, 0.1) is 0 Å². The Balaban J connectivity index is 1.91. The summed E-state index contributed by atoms with van der Waals surface area (Å²) in [5, 5.41) is 0.786. The van der Waals surface area contributed by atoms with Crippen LogP contribution in [0.2, 0.25) is 5.02 Å². The highest BCUT2D eigenvalue weighted by atomic mass is 35.5. The lowest BCUT2D eigenvalue weighted by Crippen LogP contribution is -2.44. The zero-order valence-electron chi connectivity index (χ0n) is 16.7. The fourth-order valence-electron chi connectivity index (χ4n) is 3.53. The van der Waals surface area contributed by atoms with Gasteiger partial charge in [-0.15, -0.1) is 0 Å². The van der Waals surface area contributed by atoms with Crippen molar-refractivity contribution >= 4 is 28.6 Å². The number of aromatic nitrogens is 2. The molecule has 152 valence electrons. The Kier molecular flexibility index (Phi) is 5.68. The van der Waals surface area contributed by atoms with Crippen LogP contribution in [0.5, 0.6) is 0 Å². The van der Waals surface area contributed by atoms with Crippen LogP contribution in [-0.4, -0.2) is 39.2 Å². The predicted octanol–water partition coefficient (Wildman–Crippen LogP) is 3.64. The first kappa shape index (κ1) is 20.6. The van der Waals surface area contributed by atoms with Gasteiger partial charge in [-0.25, -0.2) is 9.78 Å². The summed E-state index contributed by atoms with van der Waals surface area (Å²) in [4.78, 5) is 31.9. The van der Waals surface area contributed by atoms with Crippen molar-refractivity contribution in [3.8, 4) is 0 Å². The van der Waals surface area contributed by atoms with Crippen molar-refractivity contribution < 1.29 is 9.53 Å². The Hall–Kier alpha value is -2.12. The maximum absolute atomic E-state index is 13.3. The molecule has 0 spiro atoms. The minimum absolute atomic E-state index is 0.0969. The molecule has 2 N–H and O–H groups in total. The van der Waals surface area contributed by atoms with Crippen molar-refractivity contribution in [2.45, 2.75) is 58.2 Å². The molecule has 1 aliphatic heterocycles. The van der Waals surface area contributed by atoms with E-state index in [1.54, 1.807) is 27.7 Å². The van der Waals surface area contributed by atoms with Gasteiger partial charge < -0.3 is 15.4 Å². The molecule has 8 heteroatoms. The summed E-state index contributed by atoms with van der Waals surface area (Å²) in [5.41, 5.74) is 5.96. The number of nitrogens with two attached hydrogens (primary N) is 1. The second-order valence-electron chi connectivity index (χ2n) is 8.27. The van der Waals surface area contributed by atoms with Gasteiger partial charge >= 0.3 is 6.09 Å². The second-order valence-corrected chi connectivity index (χ2v) is 8.67. The quantitative estimate of drug-likeness (QED) is 0.822. The maximum atomic E-state index is 13.3. The first-order chi connectivity index (χ1) is 13.1. The monoisotopic (exact) mass is 406 g/mol. The number of benzene rings is 1. The maximum Gasteiger partial charge on any atom is 0.410 e. The minimum Gasteiger partial charge on any atom is -0.444 e. The number of ether oxygens (including phenoxy) is 1. The van der Waals surface area contributed by atoms with Gasteiger partial charge in [0.15, 0.2) is 0 Å². The Morgan fingerprint density at radius 2 is 1.96 bits per heavy atom. The van der Waals surface area contributed by atoms with Crippen LogP contribution in [-0.2, 0) is 4.74 Å². The van der Waals surface area contributed by atoms with E-state index in [0.717, 1.165) is 0 Å². The molecule has 1 fully saturated rings. The molecule has 0 bridgehead atoms. The fourth-order valence-corrected chi connectivity index (χ4v) is 3.78. The average Bonchev–Trinajstić information content (AvgIpc) is 2.60. The van der Waals surface area contributed by atoms with Gasteiger partial charge in [0.25, 0.3) is 5.56 Å². The van der Waals surface area contributed by atoms with E-state index < -0.39 is 11.6 Å². The molecule has 1 aromatic heterocycles. The molecule has 1 aromatic carbocycles. The van der Waals surface area contributed by atoms with Gasteiger partial charge in [-0.05, 0) is 52.7 Å². The number of rotatable bonds is 2. The Morgan fingerprint density at radius 1 is 1.32 bits per heavy atom. The number of carbonyl (C=O) groups is 1. The number of piperidine rings is 1.